The molecular formula is C17H22N2. The van der Waals surface area contributed by atoms with Crippen LogP contribution in [0.15, 0.2) is 59.7 Å². The largest absolute Gasteiger partial charge is 0.255 e. The molecule has 0 amide bonds. The van der Waals surface area contributed by atoms with Gasteiger partial charge in [0.1, 0.15) is 0 Å². The smallest absolute Gasteiger partial charge is 0.0142 e. The van der Waals surface area contributed by atoms with Gasteiger partial charge in [0.15, 0.2) is 0 Å². The van der Waals surface area contributed by atoms with Crippen molar-refractivity contribution in [2.45, 2.75) is 12.8 Å². The van der Waals surface area contributed by atoms with E-state index in [-0.39, 0.29) is 0 Å². The Labute approximate surface area is 116 Å². The second-order valence-corrected chi connectivity index (χ2v) is 5.00. The molecule has 1 aliphatic carbocycles. The fourth-order valence-electron chi connectivity index (χ4n) is 2.08. The zero-order valence-corrected chi connectivity index (χ0v) is 11.8. The van der Waals surface area contributed by atoms with Crippen LogP contribution >= 0.6 is 0 Å². The van der Waals surface area contributed by atoms with Crippen molar-refractivity contribution in [2.24, 2.45) is 0 Å². The molecule has 2 nitrogen and oxygen atoms in total. The molecule has 0 saturated carbocycles. The summed E-state index contributed by atoms with van der Waals surface area (Å²) in [5, 5.41) is 1.99. The number of hydrogen-bond donors (Lipinski definition) is 1. The lowest BCUT2D eigenvalue weighted by atomic mass is 9.98. The molecule has 0 fully saturated rings. The molecule has 0 saturated heterocycles. The number of nitrogens with zero attached hydrogens (tertiary/aromatic N) is 1. The summed E-state index contributed by atoms with van der Waals surface area (Å²) in [5.41, 5.74) is 7.35. The van der Waals surface area contributed by atoms with E-state index in [9.17, 15) is 0 Å². The van der Waals surface area contributed by atoms with Crippen molar-refractivity contribution >= 4 is 6.08 Å². The van der Waals surface area contributed by atoms with E-state index in [1.54, 1.807) is 0 Å². The molecule has 1 N–H and O–H groups in total. The maximum absolute atomic E-state index is 3.29. The van der Waals surface area contributed by atoms with Gasteiger partial charge >= 0.3 is 0 Å². The first-order chi connectivity index (χ1) is 9.24. The Morgan fingerprint density at radius 2 is 1.95 bits per heavy atom. The maximum Gasteiger partial charge on any atom is 0.0142 e. The number of allylic oxidation sites excluding steroid dienone is 4. The lowest BCUT2D eigenvalue weighted by molar-refractivity contribution is 0.292. The van der Waals surface area contributed by atoms with Crippen LogP contribution in [0, 0.1) is 0 Å². The third-order valence-corrected chi connectivity index (χ3v) is 3.10. The van der Waals surface area contributed by atoms with Gasteiger partial charge in [0.05, 0.1) is 0 Å². The molecule has 0 bridgehead atoms. The number of hydrazine groups is 1. The summed E-state index contributed by atoms with van der Waals surface area (Å²) in [6.07, 6.45) is 11.2. The number of hydrogen-bond acceptors (Lipinski definition) is 2. The van der Waals surface area contributed by atoms with Gasteiger partial charge in [-0.1, -0.05) is 60.2 Å². The minimum absolute atomic E-state index is 0.987. The summed E-state index contributed by atoms with van der Waals surface area (Å²) in [4.78, 5) is 0. The van der Waals surface area contributed by atoms with Gasteiger partial charge in [-0.25, -0.2) is 0 Å². The van der Waals surface area contributed by atoms with E-state index in [4.69, 9.17) is 0 Å². The average Bonchev–Trinajstić information content (AvgIpc) is 2.42. The lowest BCUT2D eigenvalue weighted by Gasteiger charge is -2.13. The van der Waals surface area contributed by atoms with Crippen LogP contribution < -0.4 is 5.43 Å². The molecule has 0 spiro atoms. The first-order valence-electron chi connectivity index (χ1n) is 6.77. The van der Waals surface area contributed by atoms with E-state index in [1.165, 1.54) is 16.7 Å². The van der Waals surface area contributed by atoms with E-state index in [2.05, 4.69) is 60.1 Å². The van der Waals surface area contributed by atoms with Gasteiger partial charge in [-0.15, -0.1) is 0 Å². The van der Waals surface area contributed by atoms with E-state index in [0.717, 1.165) is 19.4 Å². The molecule has 0 aliphatic heterocycles. The van der Waals surface area contributed by atoms with Crippen molar-refractivity contribution in [3.8, 4) is 0 Å². The van der Waals surface area contributed by atoms with Crippen LogP contribution in [-0.2, 0) is 0 Å². The summed E-state index contributed by atoms with van der Waals surface area (Å²) >= 11 is 0. The number of rotatable bonds is 5. The van der Waals surface area contributed by atoms with E-state index in [0.29, 0.717) is 0 Å². The van der Waals surface area contributed by atoms with Crippen molar-refractivity contribution < 1.29 is 0 Å². The van der Waals surface area contributed by atoms with Gasteiger partial charge in [0.2, 0.25) is 0 Å². The van der Waals surface area contributed by atoms with Crippen molar-refractivity contribution in [1.29, 1.82) is 0 Å². The van der Waals surface area contributed by atoms with Crippen LogP contribution in [0.3, 0.4) is 0 Å². The van der Waals surface area contributed by atoms with Crippen LogP contribution in [0.2, 0.25) is 0 Å². The monoisotopic (exact) mass is 254 g/mol. The summed E-state index contributed by atoms with van der Waals surface area (Å²) < 4.78 is 0. The van der Waals surface area contributed by atoms with E-state index < -0.39 is 0 Å². The minimum atomic E-state index is 0.987. The second kappa shape index (κ2) is 7.07. The normalized spacial score (nSPS) is 17.0. The van der Waals surface area contributed by atoms with E-state index >= 15 is 0 Å². The van der Waals surface area contributed by atoms with E-state index in [1.807, 2.05) is 19.1 Å². The molecule has 0 atom stereocenters. The fourth-order valence-corrected chi connectivity index (χ4v) is 2.08. The van der Waals surface area contributed by atoms with Crippen molar-refractivity contribution in [2.75, 3.05) is 20.6 Å². The first-order valence-corrected chi connectivity index (χ1v) is 6.77. The minimum Gasteiger partial charge on any atom is -0.255 e. The number of benzene rings is 1. The lowest BCUT2D eigenvalue weighted by Crippen LogP contribution is -2.31. The molecule has 19 heavy (non-hydrogen) atoms. The molecule has 1 aromatic carbocycles. The van der Waals surface area contributed by atoms with Crippen LogP contribution in [0.5, 0.6) is 0 Å². The Morgan fingerprint density at radius 1 is 1.16 bits per heavy atom. The molecule has 0 radical (unpaired) electrons. The molecular weight excluding hydrogens is 232 g/mol. The molecule has 100 valence electrons. The fraction of sp³-hybridized carbons (Fsp3) is 0.294. The summed E-state index contributed by atoms with van der Waals surface area (Å²) in [5.74, 6) is 0. The van der Waals surface area contributed by atoms with Gasteiger partial charge in [0.25, 0.3) is 0 Å². The van der Waals surface area contributed by atoms with Gasteiger partial charge in [-0.2, -0.15) is 0 Å². The summed E-state index contributed by atoms with van der Waals surface area (Å²) in [6.45, 7) is 0.987. The molecule has 0 heterocycles. The predicted octanol–water partition coefficient (Wildman–Crippen LogP) is 3.41. The molecule has 1 aliphatic rings. The van der Waals surface area contributed by atoms with Gasteiger partial charge in [-0.3, -0.25) is 10.4 Å². The topological polar surface area (TPSA) is 15.3 Å². The Bertz CT molecular complexity index is 481. The molecule has 2 rings (SSSR count). The van der Waals surface area contributed by atoms with Crippen LogP contribution in [0.4, 0.5) is 0 Å². The average molecular weight is 254 g/mol. The Kier molecular flexibility index (Phi) is 5.13. The summed E-state index contributed by atoms with van der Waals surface area (Å²) in [7, 11) is 4.04. The Morgan fingerprint density at radius 3 is 2.58 bits per heavy atom. The van der Waals surface area contributed by atoms with Gasteiger partial charge in [-0.05, 0) is 24.0 Å². The highest BCUT2D eigenvalue weighted by atomic mass is 15.5. The highest BCUT2D eigenvalue weighted by molar-refractivity contribution is 5.57. The van der Waals surface area contributed by atoms with Crippen molar-refractivity contribution in [3.05, 3.63) is 65.3 Å². The Balaban J connectivity index is 1.86. The molecule has 0 aromatic heterocycles. The third kappa shape index (κ3) is 4.86. The van der Waals surface area contributed by atoms with Gasteiger partial charge in [0, 0.05) is 20.6 Å². The predicted molar refractivity (Wildman–Crippen MR) is 82.6 cm³/mol. The van der Waals surface area contributed by atoms with Gasteiger partial charge < -0.3 is 0 Å². The van der Waals surface area contributed by atoms with Crippen LogP contribution in [-0.4, -0.2) is 25.6 Å². The van der Waals surface area contributed by atoms with Crippen molar-refractivity contribution in [3.63, 3.8) is 0 Å². The molecule has 0 unspecified atom stereocenters. The van der Waals surface area contributed by atoms with Crippen LogP contribution in [0.25, 0.3) is 6.08 Å². The van der Waals surface area contributed by atoms with Crippen molar-refractivity contribution in [1.82, 2.24) is 10.4 Å². The summed E-state index contributed by atoms with van der Waals surface area (Å²) in [6, 6.07) is 10.5. The van der Waals surface area contributed by atoms with Crippen LogP contribution in [0.1, 0.15) is 18.4 Å². The highest BCUT2D eigenvalue weighted by Crippen LogP contribution is 2.19. The third-order valence-electron chi connectivity index (χ3n) is 3.10. The zero-order valence-electron chi connectivity index (χ0n) is 11.8. The number of nitrogens with one attached hydrogen (secondary N) is 1. The maximum atomic E-state index is 3.29. The quantitative estimate of drug-likeness (QED) is 0.810. The standard InChI is InChI=1S/C17H22N2/c1-19(2)18-13-12-15-8-10-17(11-9-15)14-16-6-4-3-5-7-16/h3-10,14,18H,11-13H2,1-2H3. The second-order valence-electron chi connectivity index (χ2n) is 5.00. The first kappa shape index (κ1) is 13.8. The molecule has 2 heteroatoms. The SMILES string of the molecule is CN(C)NCCC1=CCC(=Cc2ccccc2)C=C1. The molecule has 1 aromatic rings. The Hall–Kier alpha value is -1.64. The highest BCUT2D eigenvalue weighted by Gasteiger charge is 2.01. The zero-order chi connectivity index (χ0) is 13.5.